The lowest BCUT2D eigenvalue weighted by molar-refractivity contribution is -0.152. The fraction of sp³-hybridized carbons (Fsp3) is 1.00. The third-order valence-corrected chi connectivity index (χ3v) is 5.76. The van der Waals surface area contributed by atoms with Gasteiger partial charge in [-0.15, -0.1) is 0 Å². The molecular weight excluding hydrogens is 268 g/mol. The Hall–Kier alpha value is -0.200. The zero-order valence-electron chi connectivity index (χ0n) is 13.2. The predicted octanol–water partition coefficient (Wildman–Crippen LogP) is 1.61. The second-order valence-corrected chi connectivity index (χ2v) is 6.86. The molecule has 5 nitrogen and oxygen atoms in total. The first-order valence-electron chi connectivity index (χ1n) is 8.57. The maximum Gasteiger partial charge on any atom is 0.0729 e. The molecule has 0 amide bonds. The summed E-state index contributed by atoms with van der Waals surface area (Å²) >= 11 is 0. The van der Waals surface area contributed by atoms with Gasteiger partial charge in [-0.2, -0.15) is 0 Å². The molecule has 4 atom stereocenters. The number of hydrazine groups is 1. The standard InChI is InChI=1S/C16H30N2O3/c1-2-14-13(4-7-20-14)15(18-17)12-3-8-21-16(11-12)5-9-19-10-6-16/h12-15,18H,2-11,17H2,1H3. The summed E-state index contributed by atoms with van der Waals surface area (Å²) in [7, 11) is 0. The van der Waals surface area contributed by atoms with Crippen LogP contribution in [0.5, 0.6) is 0 Å². The molecule has 1 spiro atoms. The molecule has 3 saturated heterocycles. The van der Waals surface area contributed by atoms with Crippen LogP contribution < -0.4 is 11.3 Å². The van der Waals surface area contributed by atoms with Crippen LogP contribution in [0.4, 0.5) is 0 Å². The molecule has 3 aliphatic heterocycles. The number of nitrogens with one attached hydrogen (secondary N) is 1. The first-order valence-corrected chi connectivity index (χ1v) is 8.57. The summed E-state index contributed by atoms with van der Waals surface area (Å²) in [6, 6.07) is 0.348. The van der Waals surface area contributed by atoms with Gasteiger partial charge in [0.1, 0.15) is 0 Å². The lowest BCUT2D eigenvalue weighted by Crippen LogP contribution is -2.54. The molecule has 0 aromatic heterocycles. The van der Waals surface area contributed by atoms with E-state index in [9.17, 15) is 0 Å². The van der Waals surface area contributed by atoms with Crippen LogP contribution in [0, 0.1) is 11.8 Å². The third-order valence-electron chi connectivity index (χ3n) is 5.76. The molecule has 3 fully saturated rings. The van der Waals surface area contributed by atoms with E-state index in [2.05, 4.69) is 12.3 Å². The fourth-order valence-corrected chi connectivity index (χ4v) is 4.57. The SMILES string of the molecule is CCC1OCCC1C(NN)C1CCOC2(CCOCC2)C1. The van der Waals surface area contributed by atoms with E-state index in [1.807, 2.05) is 0 Å². The van der Waals surface area contributed by atoms with E-state index >= 15 is 0 Å². The minimum absolute atomic E-state index is 0.0391. The average Bonchev–Trinajstić information content (AvgIpc) is 2.97. The minimum atomic E-state index is 0.0391. The quantitative estimate of drug-likeness (QED) is 0.610. The number of nitrogens with two attached hydrogens (primary N) is 1. The summed E-state index contributed by atoms with van der Waals surface area (Å²) in [5, 5.41) is 0. The van der Waals surface area contributed by atoms with E-state index in [0.717, 1.165) is 65.0 Å². The first kappa shape index (κ1) is 15.7. The third kappa shape index (κ3) is 3.27. The van der Waals surface area contributed by atoms with E-state index < -0.39 is 0 Å². The molecular formula is C16H30N2O3. The molecule has 122 valence electrons. The van der Waals surface area contributed by atoms with Crippen LogP contribution in [-0.2, 0) is 14.2 Å². The maximum absolute atomic E-state index is 6.17. The molecule has 3 heterocycles. The Balaban J connectivity index is 1.68. The van der Waals surface area contributed by atoms with Gasteiger partial charge in [0.25, 0.3) is 0 Å². The molecule has 0 aromatic rings. The van der Waals surface area contributed by atoms with Crippen molar-refractivity contribution in [3.8, 4) is 0 Å². The highest BCUT2D eigenvalue weighted by Crippen LogP contribution is 2.41. The zero-order valence-corrected chi connectivity index (χ0v) is 13.2. The van der Waals surface area contributed by atoms with Crippen molar-refractivity contribution in [3.63, 3.8) is 0 Å². The number of ether oxygens (including phenoxy) is 3. The van der Waals surface area contributed by atoms with Crippen LogP contribution >= 0.6 is 0 Å². The monoisotopic (exact) mass is 298 g/mol. The molecule has 5 heteroatoms. The van der Waals surface area contributed by atoms with Crippen molar-refractivity contribution < 1.29 is 14.2 Å². The Kier molecular flexibility index (Phi) is 5.17. The van der Waals surface area contributed by atoms with Crippen molar-refractivity contribution in [2.24, 2.45) is 17.7 Å². The molecule has 4 unspecified atom stereocenters. The van der Waals surface area contributed by atoms with E-state index in [-0.39, 0.29) is 5.60 Å². The lowest BCUT2D eigenvalue weighted by atomic mass is 9.73. The van der Waals surface area contributed by atoms with Gasteiger partial charge in [0, 0.05) is 38.4 Å². The summed E-state index contributed by atoms with van der Waals surface area (Å²) < 4.78 is 17.6. The highest BCUT2D eigenvalue weighted by atomic mass is 16.5. The molecule has 0 radical (unpaired) electrons. The molecule has 0 aliphatic carbocycles. The van der Waals surface area contributed by atoms with E-state index in [1.54, 1.807) is 0 Å². The summed E-state index contributed by atoms with van der Waals surface area (Å²) in [5.74, 6) is 7.07. The summed E-state index contributed by atoms with van der Waals surface area (Å²) in [5.41, 5.74) is 3.17. The molecule has 3 aliphatic rings. The van der Waals surface area contributed by atoms with Crippen molar-refractivity contribution >= 4 is 0 Å². The van der Waals surface area contributed by atoms with Crippen LogP contribution in [0.2, 0.25) is 0 Å². The van der Waals surface area contributed by atoms with Gasteiger partial charge in [0.2, 0.25) is 0 Å². The second kappa shape index (κ2) is 6.92. The average molecular weight is 298 g/mol. The summed E-state index contributed by atoms with van der Waals surface area (Å²) in [6.45, 7) is 5.60. The Morgan fingerprint density at radius 2 is 2.00 bits per heavy atom. The van der Waals surface area contributed by atoms with Gasteiger partial charge in [-0.25, -0.2) is 0 Å². The van der Waals surface area contributed by atoms with Crippen molar-refractivity contribution in [2.45, 2.75) is 63.2 Å². The first-order chi connectivity index (χ1) is 10.3. The van der Waals surface area contributed by atoms with Crippen LogP contribution in [0.3, 0.4) is 0 Å². The van der Waals surface area contributed by atoms with Gasteiger partial charge >= 0.3 is 0 Å². The van der Waals surface area contributed by atoms with Crippen molar-refractivity contribution in [3.05, 3.63) is 0 Å². The normalized spacial score (nSPS) is 37.7. The molecule has 3 N–H and O–H groups in total. The van der Waals surface area contributed by atoms with Crippen molar-refractivity contribution in [1.82, 2.24) is 5.43 Å². The molecule has 21 heavy (non-hydrogen) atoms. The largest absolute Gasteiger partial charge is 0.381 e. The van der Waals surface area contributed by atoms with E-state index in [4.69, 9.17) is 20.1 Å². The van der Waals surface area contributed by atoms with Gasteiger partial charge < -0.3 is 14.2 Å². The highest BCUT2D eigenvalue weighted by molar-refractivity contribution is 4.96. The molecule has 3 rings (SSSR count). The van der Waals surface area contributed by atoms with Gasteiger partial charge in [-0.3, -0.25) is 11.3 Å². The fourth-order valence-electron chi connectivity index (χ4n) is 4.57. The summed E-state index contributed by atoms with van der Waals surface area (Å²) in [4.78, 5) is 0. The van der Waals surface area contributed by atoms with Gasteiger partial charge in [0.05, 0.1) is 11.7 Å². The lowest BCUT2D eigenvalue weighted by Gasteiger charge is -2.46. The Morgan fingerprint density at radius 1 is 1.19 bits per heavy atom. The Bertz CT molecular complexity index is 328. The highest BCUT2D eigenvalue weighted by Gasteiger charge is 2.44. The van der Waals surface area contributed by atoms with Gasteiger partial charge in [0.15, 0.2) is 0 Å². The van der Waals surface area contributed by atoms with Gasteiger partial charge in [-0.1, -0.05) is 6.92 Å². The van der Waals surface area contributed by atoms with E-state index in [1.165, 1.54) is 0 Å². The number of hydrogen-bond donors (Lipinski definition) is 2. The Labute approximate surface area is 127 Å². The number of rotatable bonds is 4. The topological polar surface area (TPSA) is 65.7 Å². The van der Waals surface area contributed by atoms with Crippen LogP contribution in [0.15, 0.2) is 0 Å². The predicted molar refractivity (Wildman–Crippen MR) is 80.7 cm³/mol. The van der Waals surface area contributed by atoms with Crippen molar-refractivity contribution in [2.75, 3.05) is 26.4 Å². The van der Waals surface area contributed by atoms with Crippen LogP contribution in [0.1, 0.15) is 45.4 Å². The zero-order chi connectivity index (χ0) is 14.7. The molecule has 0 bridgehead atoms. The van der Waals surface area contributed by atoms with Crippen LogP contribution in [-0.4, -0.2) is 44.2 Å². The van der Waals surface area contributed by atoms with Crippen LogP contribution in [0.25, 0.3) is 0 Å². The van der Waals surface area contributed by atoms with Crippen molar-refractivity contribution in [1.29, 1.82) is 0 Å². The second-order valence-electron chi connectivity index (χ2n) is 6.86. The Morgan fingerprint density at radius 3 is 2.71 bits per heavy atom. The summed E-state index contributed by atoms with van der Waals surface area (Å²) in [6.07, 6.45) is 6.83. The number of hydrogen-bond acceptors (Lipinski definition) is 5. The molecule has 0 aromatic carbocycles. The smallest absolute Gasteiger partial charge is 0.0729 e. The maximum atomic E-state index is 6.17. The molecule has 0 saturated carbocycles. The minimum Gasteiger partial charge on any atom is -0.381 e. The van der Waals surface area contributed by atoms with Gasteiger partial charge in [-0.05, 0) is 44.4 Å². The van der Waals surface area contributed by atoms with E-state index in [0.29, 0.717) is 24.0 Å².